The second-order valence-electron chi connectivity index (χ2n) is 5.17. The van der Waals surface area contributed by atoms with Gasteiger partial charge in [-0.1, -0.05) is 17.7 Å². The van der Waals surface area contributed by atoms with Crippen LogP contribution >= 0.6 is 11.6 Å². The van der Waals surface area contributed by atoms with E-state index in [9.17, 15) is 30.7 Å². The van der Waals surface area contributed by atoms with Crippen molar-refractivity contribution in [2.45, 2.75) is 0 Å². The molecule has 0 atom stereocenters. The first-order chi connectivity index (χ1) is 12.2. The molecule has 1 radical (unpaired) electrons. The minimum absolute atomic E-state index is 0.278. The number of hydrogen-bond donors (Lipinski definition) is 0. The summed E-state index contributed by atoms with van der Waals surface area (Å²) in [5, 5.41) is -0.296. The van der Waals surface area contributed by atoms with E-state index >= 15 is 0 Å². The highest BCUT2D eigenvalue weighted by molar-refractivity contribution is 6.30. The van der Waals surface area contributed by atoms with Gasteiger partial charge in [0, 0.05) is 17.2 Å². The summed E-state index contributed by atoms with van der Waals surface area (Å²) in [4.78, 5) is 0. The molecule has 0 amide bonds. The molecule has 0 aliphatic rings. The van der Waals surface area contributed by atoms with Gasteiger partial charge in [0.25, 0.3) is 0 Å². The molecule has 0 aromatic heterocycles. The molecule has 0 saturated heterocycles. The summed E-state index contributed by atoms with van der Waals surface area (Å²) >= 11 is 5.49. The third-order valence-corrected chi connectivity index (χ3v) is 3.91. The van der Waals surface area contributed by atoms with Crippen molar-refractivity contribution in [2.75, 3.05) is 0 Å². The zero-order chi connectivity index (χ0) is 19.2. The maximum atomic E-state index is 14.3. The van der Waals surface area contributed by atoms with Crippen LogP contribution in [-0.2, 0) is 0 Å². The normalized spacial score (nSPS) is 11.1. The van der Waals surface area contributed by atoms with Gasteiger partial charge in [-0.25, -0.2) is 30.7 Å². The zero-order valence-electron chi connectivity index (χ0n) is 12.4. The van der Waals surface area contributed by atoms with Crippen molar-refractivity contribution >= 4 is 11.6 Å². The van der Waals surface area contributed by atoms with Gasteiger partial charge in [-0.05, 0) is 29.8 Å². The highest BCUT2D eigenvalue weighted by Crippen LogP contribution is 2.36. The number of hydrogen-bond acceptors (Lipinski definition) is 0. The number of halogens is 8. The predicted molar refractivity (Wildman–Crippen MR) is 80.9 cm³/mol. The van der Waals surface area contributed by atoms with Crippen LogP contribution in [-0.4, -0.2) is 0 Å². The quantitative estimate of drug-likeness (QED) is 0.268. The fourth-order valence-corrected chi connectivity index (χ4v) is 2.47. The van der Waals surface area contributed by atoms with E-state index in [2.05, 4.69) is 0 Å². The van der Waals surface area contributed by atoms with Crippen LogP contribution in [0.2, 0.25) is 5.02 Å². The first-order valence-corrected chi connectivity index (χ1v) is 7.29. The van der Waals surface area contributed by atoms with Crippen LogP contribution in [0.5, 0.6) is 0 Å². The SMILES string of the molecule is Fc1[c]c(-c2ccc(Cl)c(F)c2)c(F)c(F)c1-c1ccc(F)c(F)c1F. The van der Waals surface area contributed by atoms with E-state index in [1.807, 2.05) is 6.07 Å². The van der Waals surface area contributed by atoms with E-state index < -0.39 is 57.4 Å². The Kier molecular flexibility index (Phi) is 4.66. The molecular weight excluding hydrogens is 385 g/mol. The second-order valence-corrected chi connectivity index (χ2v) is 5.58. The van der Waals surface area contributed by atoms with Crippen LogP contribution in [0, 0.1) is 46.8 Å². The van der Waals surface area contributed by atoms with E-state index in [0.717, 1.165) is 18.2 Å². The van der Waals surface area contributed by atoms with Crippen LogP contribution in [0.25, 0.3) is 22.3 Å². The Labute approximate surface area is 147 Å². The lowest BCUT2D eigenvalue weighted by atomic mass is 9.97. The average molecular weight is 390 g/mol. The third-order valence-electron chi connectivity index (χ3n) is 3.60. The Morgan fingerprint density at radius 2 is 1.38 bits per heavy atom. The average Bonchev–Trinajstić information content (AvgIpc) is 2.60. The monoisotopic (exact) mass is 389 g/mol. The standard InChI is InChI=1S/C18H5ClF7/c19-10-3-1-7(5-12(10)21)9-6-13(22)14(18(26)16(9)24)8-2-4-11(20)17(25)15(8)23/h1-5H. The van der Waals surface area contributed by atoms with E-state index in [0.29, 0.717) is 12.1 Å². The Morgan fingerprint density at radius 1 is 0.692 bits per heavy atom. The molecule has 0 saturated carbocycles. The van der Waals surface area contributed by atoms with Gasteiger partial charge in [-0.15, -0.1) is 0 Å². The first kappa shape index (κ1) is 18.3. The molecule has 0 fully saturated rings. The van der Waals surface area contributed by atoms with Gasteiger partial charge in [-0.3, -0.25) is 0 Å². The summed E-state index contributed by atoms with van der Waals surface area (Å²) in [5.41, 5.74) is -3.35. The maximum Gasteiger partial charge on any atom is 0.195 e. The molecule has 0 bridgehead atoms. The summed E-state index contributed by atoms with van der Waals surface area (Å²) in [6, 6.07) is 5.69. The van der Waals surface area contributed by atoms with Crippen molar-refractivity contribution in [3.05, 3.63) is 82.1 Å². The molecule has 3 aromatic rings. The fourth-order valence-electron chi connectivity index (χ4n) is 2.35. The highest BCUT2D eigenvalue weighted by Gasteiger charge is 2.26. The molecule has 0 N–H and O–H groups in total. The van der Waals surface area contributed by atoms with Crippen molar-refractivity contribution in [2.24, 2.45) is 0 Å². The molecule has 0 aliphatic heterocycles. The van der Waals surface area contributed by atoms with E-state index in [1.165, 1.54) is 0 Å². The van der Waals surface area contributed by atoms with E-state index in [-0.39, 0.29) is 10.6 Å². The van der Waals surface area contributed by atoms with Crippen LogP contribution in [0.4, 0.5) is 30.7 Å². The van der Waals surface area contributed by atoms with Gasteiger partial charge in [0.1, 0.15) is 11.6 Å². The summed E-state index contributed by atoms with van der Waals surface area (Å²) in [5.74, 6) is -11.5. The minimum Gasteiger partial charge on any atom is -0.205 e. The predicted octanol–water partition coefficient (Wildman–Crippen LogP) is 6.45. The van der Waals surface area contributed by atoms with Gasteiger partial charge in [-0.2, -0.15) is 0 Å². The lowest BCUT2D eigenvalue weighted by molar-refractivity contribution is 0.447. The summed E-state index contributed by atoms with van der Waals surface area (Å²) in [6.45, 7) is 0. The van der Waals surface area contributed by atoms with Crippen molar-refractivity contribution in [3.8, 4) is 22.3 Å². The van der Waals surface area contributed by atoms with Crippen LogP contribution in [0.3, 0.4) is 0 Å². The Balaban J connectivity index is 2.24. The Bertz CT molecular complexity index is 1030. The first-order valence-electron chi connectivity index (χ1n) is 6.91. The van der Waals surface area contributed by atoms with E-state index in [1.54, 1.807) is 0 Å². The maximum absolute atomic E-state index is 14.3. The molecule has 8 heteroatoms. The van der Waals surface area contributed by atoms with Crippen LogP contribution < -0.4 is 0 Å². The minimum atomic E-state index is -1.97. The van der Waals surface area contributed by atoms with Crippen molar-refractivity contribution < 1.29 is 30.7 Å². The summed E-state index contributed by atoms with van der Waals surface area (Å²) < 4.78 is 96.6. The topological polar surface area (TPSA) is 0 Å². The second kappa shape index (κ2) is 6.64. The molecular formula is C18H5ClF7. The smallest absolute Gasteiger partial charge is 0.195 e. The van der Waals surface area contributed by atoms with Crippen LogP contribution in [0.1, 0.15) is 0 Å². The largest absolute Gasteiger partial charge is 0.205 e. The third kappa shape index (κ3) is 2.92. The van der Waals surface area contributed by atoms with Gasteiger partial charge < -0.3 is 0 Å². The molecule has 0 heterocycles. The van der Waals surface area contributed by atoms with Crippen molar-refractivity contribution in [3.63, 3.8) is 0 Å². The van der Waals surface area contributed by atoms with Crippen molar-refractivity contribution in [1.82, 2.24) is 0 Å². The molecule has 133 valence electrons. The van der Waals surface area contributed by atoms with Gasteiger partial charge in [0.05, 0.1) is 10.6 Å². The van der Waals surface area contributed by atoms with Gasteiger partial charge in [0.15, 0.2) is 29.1 Å². The van der Waals surface area contributed by atoms with E-state index in [4.69, 9.17) is 11.6 Å². The Morgan fingerprint density at radius 3 is 2.04 bits per heavy atom. The molecule has 3 rings (SSSR count). The fraction of sp³-hybridized carbons (Fsp3) is 0. The lowest BCUT2D eigenvalue weighted by Crippen LogP contribution is -2.02. The van der Waals surface area contributed by atoms with Crippen LogP contribution in [0.15, 0.2) is 30.3 Å². The molecule has 0 aliphatic carbocycles. The molecule has 0 unspecified atom stereocenters. The number of rotatable bonds is 2. The summed E-state index contributed by atoms with van der Waals surface area (Å²) in [7, 11) is 0. The van der Waals surface area contributed by atoms with Gasteiger partial charge in [0.2, 0.25) is 0 Å². The number of benzene rings is 3. The Hall–Kier alpha value is -2.54. The molecule has 3 aromatic carbocycles. The molecule has 0 spiro atoms. The van der Waals surface area contributed by atoms with Gasteiger partial charge >= 0.3 is 0 Å². The summed E-state index contributed by atoms with van der Waals surface area (Å²) in [6.07, 6.45) is 0. The van der Waals surface area contributed by atoms with Crippen molar-refractivity contribution in [1.29, 1.82) is 0 Å². The highest BCUT2D eigenvalue weighted by atomic mass is 35.5. The molecule has 0 nitrogen and oxygen atoms in total. The zero-order valence-corrected chi connectivity index (χ0v) is 13.2. The lowest BCUT2D eigenvalue weighted by Gasteiger charge is -2.12. The molecule has 26 heavy (non-hydrogen) atoms.